The second-order valence-electron chi connectivity index (χ2n) is 11.4. The molecule has 1 saturated carbocycles. The Morgan fingerprint density at radius 1 is 1.24 bits per heavy atom. The van der Waals surface area contributed by atoms with E-state index in [0.29, 0.717) is 48.7 Å². The Morgan fingerprint density at radius 2 is 2.00 bits per heavy atom. The zero-order valence-corrected chi connectivity index (χ0v) is 22.6. The van der Waals surface area contributed by atoms with Crippen LogP contribution in [0.3, 0.4) is 0 Å². The normalized spacial score (nSPS) is 22.5. The van der Waals surface area contributed by atoms with Crippen molar-refractivity contribution in [3.63, 3.8) is 0 Å². The number of nitrogens with one attached hydrogen (secondary N) is 1. The highest BCUT2D eigenvalue weighted by Crippen LogP contribution is 2.47. The molecule has 3 aliphatic rings. The van der Waals surface area contributed by atoms with Gasteiger partial charge >= 0.3 is 0 Å². The lowest BCUT2D eigenvalue weighted by molar-refractivity contribution is -0.141. The molecule has 0 radical (unpaired) electrons. The van der Waals surface area contributed by atoms with Gasteiger partial charge in [-0.15, -0.1) is 0 Å². The van der Waals surface area contributed by atoms with Gasteiger partial charge in [-0.3, -0.25) is 18.7 Å². The first-order valence-corrected chi connectivity index (χ1v) is 13.8. The Labute approximate surface area is 226 Å². The van der Waals surface area contributed by atoms with Crippen molar-refractivity contribution in [2.45, 2.75) is 57.7 Å². The number of carbonyl (C=O) groups excluding carboxylic acids is 1. The summed E-state index contributed by atoms with van der Waals surface area (Å²) in [5.74, 6) is 0.183. The summed E-state index contributed by atoms with van der Waals surface area (Å²) in [6, 6.07) is 7.88. The van der Waals surface area contributed by atoms with Gasteiger partial charge in [-0.2, -0.15) is 0 Å². The molecule has 1 atom stereocenters. The smallest absolute Gasteiger partial charge is 0.262 e. The highest BCUT2D eigenvalue weighted by atomic mass is 35.5. The van der Waals surface area contributed by atoms with Gasteiger partial charge < -0.3 is 20.1 Å². The summed E-state index contributed by atoms with van der Waals surface area (Å²) >= 11 is 6.63. The minimum Gasteiger partial charge on any atom is -0.388 e. The number of hydrogen-bond acceptors (Lipinski definition) is 6. The van der Waals surface area contributed by atoms with Gasteiger partial charge in [0.05, 0.1) is 36.8 Å². The lowest BCUT2D eigenvalue weighted by Gasteiger charge is -2.39. The number of fused-ring (bicyclic) bond motifs is 1. The number of nitrogens with zero attached hydrogens (tertiary/aromatic N) is 4. The molecule has 1 aliphatic carbocycles. The Kier molecular flexibility index (Phi) is 6.38. The number of aromatic nitrogens is 3. The average Bonchev–Trinajstić information content (AvgIpc) is 3.57. The van der Waals surface area contributed by atoms with E-state index in [2.05, 4.69) is 23.3 Å². The maximum absolute atomic E-state index is 13.4. The number of amides is 1. The summed E-state index contributed by atoms with van der Waals surface area (Å²) in [5, 5.41) is 15.6. The number of likely N-dealkylation sites (tertiary alicyclic amines) is 1. The lowest BCUT2D eigenvalue weighted by Crippen LogP contribution is -2.51. The zero-order chi connectivity index (χ0) is 26.7. The average molecular weight is 540 g/mol. The van der Waals surface area contributed by atoms with Crippen molar-refractivity contribution in [3.8, 4) is 5.69 Å². The van der Waals surface area contributed by atoms with Crippen LogP contribution in [0.15, 0.2) is 35.4 Å². The molecule has 0 spiro atoms. The van der Waals surface area contributed by atoms with Gasteiger partial charge in [0.15, 0.2) is 5.65 Å². The molecular weight excluding hydrogens is 506 g/mol. The van der Waals surface area contributed by atoms with Crippen LogP contribution < -0.4 is 10.9 Å². The minimum atomic E-state index is -1.07. The summed E-state index contributed by atoms with van der Waals surface area (Å²) in [6.45, 7) is 7.35. The van der Waals surface area contributed by atoms with Crippen molar-refractivity contribution >= 4 is 28.5 Å². The van der Waals surface area contributed by atoms with Gasteiger partial charge in [0.2, 0.25) is 5.91 Å². The van der Waals surface area contributed by atoms with Crippen LogP contribution in [-0.2, 0) is 16.1 Å². The maximum Gasteiger partial charge on any atom is 0.262 e. The van der Waals surface area contributed by atoms with E-state index in [4.69, 9.17) is 16.3 Å². The first-order valence-electron chi connectivity index (χ1n) is 13.4. The second kappa shape index (κ2) is 9.48. The SMILES string of the molecule is Cc1cc(-n2c(Cl)cc3c(=O)n(CC4(O)CCN(C(=O)C5(C)CC5)CC4)cnc32)ccc1C1COCCN1. The number of morpholine rings is 1. The number of carbonyl (C=O) groups is 1. The van der Waals surface area contributed by atoms with E-state index in [1.807, 2.05) is 24.0 Å². The molecule has 6 rings (SSSR count). The standard InChI is InChI=1S/C28H34ClN5O4/c1-18-13-19(3-4-20(18)22-15-38-12-9-30-22)34-23(29)14-21-24(34)31-17-33(25(21)35)16-28(37)7-10-32(11-8-28)26(36)27(2)5-6-27/h3-4,13-14,17,22,30,37H,5-12,15-16H2,1-2H3. The first-order chi connectivity index (χ1) is 18.2. The number of halogens is 1. The third-order valence-corrected chi connectivity index (χ3v) is 8.79. The predicted octanol–water partition coefficient (Wildman–Crippen LogP) is 2.96. The van der Waals surface area contributed by atoms with Gasteiger partial charge in [0.25, 0.3) is 5.56 Å². The predicted molar refractivity (Wildman–Crippen MR) is 145 cm³/mol. The van der Waals surface area contributed by atoms with Crippen LogP contribution >= 0.6 is 11.6 Å². The number of aliphatic hydroxyl groups is 1. The van der Waals surface area contributed by atoms with E-state index < -0.39 is 5.60 Å². The molecule has 2 saturated heterocycles. The van der Waals surface area contributed by atoms with Gasteiger partial charge in [-0.25, -0.2) is 4.98 Å². The molecule has 9 nitrogen and oxygen atoms in total. The van der Waals surface area contributed by atoms with Gasteiger partial charge in [-0.05, 0) is 61.9 Å². The molecule has 2 aliphatic heterocycles. The second-order valence-corrected chi connectivity index (χ2v) is 11.8. The Hall–Kier alpha value is -2.72. The molecule has 202 valence electrons. The van der Waals surface area contributed by atoms with E-state index in [1.54, 1.807) is 10.6 Å². The third kappa shape index (κ3) is 4.55. The van der Waals surface area contributed by atoms with E-state index >= 15 is 0 Å². The number of aryl methyl sites for hydroxylation is 1. The molecule has 10 heteroatoms. The van der Waals surface area contributed by atoms with Crippen molar-refractivity contribution < 1.29 is 14.6 Å². The van der Waals surface area contributed by atoms with Crippen molar-refractivity contribution in [2.75, 3.05) is 32.8 Å². The summed E-state index contributed by atoms with van der Waals surface area (Å²) in [4.78, 5) is 32.6. The highest BCUT2D eigenvalue weighted by molar-refractivity contribution is 6.31. The van der Waals surface area contributed by atoms with Crippen molar-refractivity contribution in [1.29, 1.82) is 0 Å². The Morgan fingerprint density at radius 3 is 2.66 bits per heavy atom. The summed E-state index contributed by atoms with van der Waals surface area (Å²) in [7, 11) is 0. The zero-order valence-electron chi connectivity index (χ0n) is 21.9. The third-order valence-electron chi connectivity index (χ3n) is 8.51. The van der Waals surface area contributed by atoms with Gasteiger partial charge in [-0.1, -0.05) is 24.6 Å². The summed E-state index contributed by atoms with van der Waals surface area (Å²) in [5.41, 5.74) is 2.04. The summed E-state index contributed by atoms with van der Waals surface area (Å²) < 4.78 is 8.86. The van der Waals surface area contributed by atoms with Crippen LogP contribution in [0.1, 0.15) is 49.8 Å². The largest absolute Gasteiger partial charge is 0.388 e. The van der Waals surface area contributed by atoms with Crippen LogP contribution in [0.25, 0.3) is 16.7 Å². The van der Waals surface area contributed by atoms with Crippen LogP contribution in [-0.4, -0.2) is 68.5 Å². The summed E-state index contributed by atoms with van der Waals surface area (Å²) in [6.07, 6.45) is 4.21. The molecule has 0 bridgehead atoms. The molecule has 1 unspecified atom stereocenters. The van der Waals surface area contributed by atoms with Crippen LogP contribution in [0.2, 0.25) is 5.15 Å². The fraction of sp³-hybridized carbons (Fsp3) is 0.536. The molecule has 3 fully saturated rings. The first kappa shape index (κ1) is 25.6. The fourth-order valence-corrected chi connectivity index (χ4v) is 6.07. The molecule has 3 aromatic rings. The number of rotatable bonds is 5. The van der Waals surface area contributed by atoms with Crippen molar-refractivity contribution in [1.82, 2.24) is 24.3 Å². The number of piperidine rings is 1. The van der Waals surface area contributed by atoms with Crippen LogP contribution in [0.4, 0.5) is 0 Å². The van der Waals surface area contributed by atoms with Crippen molar-refractivity contribution in [3.05, 3.63) is 57.2 Å². The monoisotopic (exact) mass is 539 g/mol. The van der Waals surface area contributed by atoms with E-state index in [-0.39, 0.29) is 29.5 Å². The molecule has 1 aromatic carbocycles. The van der Waals surface area contributed by atoms with E-state index in [9.17, 15) is 14.7 Å². The Bertz CT molecular complexity index is 1450. The highest BCUT2D eigenvalue weighted by Gasteiger charge is 2.48. The molecular formula is C28H34ClN5O4. The maximum atomic E-state index is 13.4. The van der Waals surface area contributed by atoms with E-state index in [1.165, 1.54) is 16.5 Å². The molecule has 2 aromatic heterocycles. The van der Waals surface area contributed by atoms with E-state index in [0.717, 1.165) is 37.2 Å². The van der Waals surface area contributed by atoms with Crippen molar-refractivity contribution in [2.24, 2.45) is 5.41 Å². The topological polar surface area (TPSA) is 102 Å². The molecule has 2 N–H and O–H groups in total. The lowest BCUT2D eigenvalue weighted by atomic mass is 9.90. The number of benzene rings is 1. The van der Waals surface area contributed by atoms with Gasteiger partial charge in [0, 0.05) is 30.7 Å². The van der Waals surface area contributed by atoms with Gasteiger partial charge in [0.1, 0.15) is 11.5 Å². The number of ether oxygens (including phenoxy) is 1. The van der Waals surface area contributed by atoms with Crippen LogP contribution in [0.5, 0.6) is 0 Å². The molecule has 1 amide bonds. The molecule has 38 heavy (non-hydrogen) atoms. The number of hydrogen-bond donors (Lipinski definition) is 2. The molecule has 4 heterocycles. The quantitative estimate of drug-likeness (QED) is 0.517. The fourth-order valence-electron chi connectivity index (χ4n) is 5.78. The minimum absolute atomic E-state index is 0.126. The van der Waals surface area contributed by atoms with Crippen LogP contribution in [0, 0.1) is 12.3 Å². The Balaban J connectivity index is 1.23.